The van der Waals surface area contributed by atoms with Crippen LogP contribution in [0.15, 0.2) is 29.0 Å². The van der Waals surface area contributed by atoms with Crippen LogP contribution < -0.4 is 0 Å². The lowest BCUT2D eigenvalue weighted by Crippen LogP contribution is -2.21. The monoisotopic (exact) mass is 275 g/mol. The van der Waals surface area contributed by atoms with Gasteiger partial charge in [-0.3, -0.25) is 9.78 Å². The number of hydrogen-bond donors (Lipinski definition) is 0. The summed E-state index contributed by atoms with van der Waals surface area (Å²) < 4.78 is 10.3. The minimum Gasteiger partial charge on any atom is -0.465 e. The van der Waals surface area contributed by atoms with Gasteiger partial charge < -0.3 is 9.26 Å². The first-order chi connectivity index (χ1) is 9.63. The summed E-state index contributed by atoms with van der Waals surface area (Å²) in [7, 11) is 0. The Morgan fingerprint density at radius 2 is 2.25 bits per heavy atom. The predicted octanol–water partition coefficient (Wildman–Crippen LogP) is 2.43. The van der Waals surface area contributed by atoms with Gasteiger partial charge in [0.15, 0.2) is 0 Å². The number of rotatable bonds is 5. The summed E-state index contributed by atoms with van der Waals surface area (Å²) in [5.74, 6) is -0.187. The molecule has 106 valence electrons. The van der Waals surface area contributed by atoms with Gasteiger partial charge in [0, 0.05) is 18.0 Å². The molecule has 6 nitrogen and oxygen atoms in total. The van der Waals surface area contributed by atoms with E-state index in [0.717, 1.165) is 5.56 Å². The molecule has 6 heteroatoms. The fraction of sp³-hybridized carbons (Fsp3) is 0.429. The quantitative estimate of drug-likeness (QED) is 0.780. The minimum absolute atomic E-state index is 0.0104. The molecule has 0 saturated carbocycles. The maximum Gasteiger partial charge on any atom is 0.318 e. The molecule has 2 aromatic heterocycles. The molecule has 1 atom stereocenters. The van der Waals surface area contributed by atoms with Crippen molar-refractivity contribution in [3.8, 4) is 11.4 Å². The van der Waals surface area contributed by atoms with Crippen LogP contribution >= 0.6 is 0 Å². The molecule has 0 spiro atoms. The first-order valence-corrected chi connectivity index (χ1v) is 6.54. The average Bonchev–Trinajstić information content (AvgIpc) is 2.89. The molecule has 0 aliphatic rings. The zero-order chi connectivity index (χ0) is 14.5. The highest BCUT2D eigenvalue weighted by atomic mass is 16.5. The Hall–Kier alpha value is -2.24. The van der Waals surface area contributed by atoms with Crippen molar-refractivity contribution in [1.82, 2.24) is 15.1 Å². The van der Waals surface area contributed by atoms with Gasteiger partial charge in [0.1, 0.15) is 5.92 Å². The van der Waals surface area contributed by atoms with E-state index in [1.54, 1.807) is 25.4 Å². The number of hydrogen-bond acceptors (Lipinski definition) is 6. The molecule has 2 heterocycles. The molecule has 0 aliphatic carbocycles. The normalized spacial score (nSPS) is 12.4. The van der Waals surface area contributed by atoms with Crippen LogP contribution in [0.25, 0.3) is 11.4 Å². The summed E-state index contributed by atoms with van der Waals surface area (Å²) in [6, 6.07) is 3.62. The van der Waals surface area contributed by atoms with Crippen LogP contribution in [-0.4, -0.2) is 27.7 Å². The smallest absolute Gasteiger partial charge is 0.318 e. The van der Waals surface area contributed by atoms with E-state index >= 15 is 0 Å². The third-order valence-electron chi connectivity index (χ3n) is 2.83. The molecule has 0 radical (unpaired) electrons. The Balaban J connectivity index is 2.28. The van der Waals surface area contributed by atoms with E-state index in [4.69, 9.17) is 9.26 Å². The van der Waals surface area contributed by atoms with Gasteiger partial charge in [-0.05, 0) is 25.0 Å². The molecule has 0 bridgehead atoms. The zero-order valence-electron chi connectivity index (χ0n) is 11.7. The van der Waals surface area contributed by atoms with Crippen molar-refractivity contribution in [2.75, 3.05) is 6.61 Å². The Labute approximate surface area is 117 Å². The minimum atomic E-state index is -0.548. The lowest BCUT2D eigenvalue weighted by Gasteiger charge is -2.14. The van der Waals surface area contributed by atoms with E-state index in [2.05, 4.69) is 15.1 Å². The molecule has 2 aromatic rings. The summed E-state index contributed by atoms with van der Waals surface area (Å²) in [6.45, 7) is 5.92. The molecular weight excluding hydrogens is 258 g/mol. The van der Waals surface area contributed by atoms with Crippen molar-refractivity contribution in [2.24, 2.45) is 5.92 Å². The van der Waals surface area contributed by atoms with Crippen LogP contribution in [0.3, 0.4) is 0 Å². The second kappa shape index (κ2) is 6.27. The Bertz CT molecular complexity index is 566. The van der Waals surface area contributed by atoms with Gasteiger partial charge in [-0.15, -0.1) is 0 Å². The molecule has 0 N–H and O–H groups in total. The van der Waals surface area contributed by atoms with E-state index in [-0.39, 0.29) is 17.8 Å². The summed E-state index contributed by atoms with van der Waals surface area (Å²) in [5, 5.41) is 3.90. The molecular formula is C14H17N3O3. The fourth-order valence-corrected chi connectivity index (χ4v) is 1.86. The number of pyridine rings is 1. The average molecular weight is 275 g/mol. The van der Waals surface area contributed by atoms with Crippen LogP contribution in [0, 0.1) is 5.92 Å². The zero-order valence-corrected chi connectivity index (χ0v) is 11.7. The van der Waals surface area contributed by atoms with Crippen LogP contribution in [0.1, 0.15) is 32.6 Å². The summed E-state index contributed by atoms with van der Waals surface area (Å²) in [6.07, 6.45) is 3.31. The first kappa shape index (κ1) is 14.2. The van der Waals surface area contributed by atoms with E-state index in [1.807, 2.05) is 19.9 Å². The largest absolute Gasteiger partial charge is 0.465 e. The van der Waals surface area contributed by atoms with E-state index in [1.165, 1.54) is 0 Å². The van der Waals surface area contributed by atoms with E-state index in [0.29, 0.717) is 12.4 Å². The van der Waals surface area contributed by atoms with Crippen molar-refractivity contribution in [1.29, 1.82) is 0 Å². The number of aromatic nitrogens is 3. The van der Waals surface area contributed by atoms with E-state index in [9.17, 15) is 4.79 Å². The van der Waals surface area contributed by atoms with Gasteiger partial charge in [-0.2, -0.15) is 4.98 Å². The number of carbonyl (C=O) groups excluding carboxylic acids is 1. The highest BCUT2D eigenvalue weighted by Gasteiger charge is 2.31. The topological polar surface area (TPSA) is 78.1 Å². The molecule has 0 aromatic carbocycles. The summed E-state index contributed by atoms with van der Waals surface area (Å²) in [5.41, 5.74) is 0.744. The molecule has 0 saturated heterocycles. The van der Waals surface area contributed by atoms with Gasteiger partial charge in [0.2, 0.25) is 11.7 Å². The van der Waals surface area contributed by atoms with Crippen molar-refractivity contribution in [3.05, 3.63) is 30.4 Å². The summed E-state index contributed by atoms with van der Waals surface area (Å²) in [4.78, 5) is 20.3. The van der Waals surface area contributed by atoms with Gasteiger partial charge >= 0.3 is 5.97 Å². The molecule has 0 amide bonds. The van der Waals surface area contributed by atoms with Crippen molar-refractivity contribution >= 4 is 5.97 Å². The van der Waals surface area contributed by atoms with E-state index < -0.39 is 5.92 Å². The second-order valence-corrected chi connectivity index (χ2v) is 4.67. The van der Waals surface area contributed by atoms with Gasteiger partial charge in [0.25, 0.3) is 0 Å². The van der Waals surface area contributed by atoms with Gasteiger partial charge in [0.05, 0.1) is 6.61 Å². The van der Waals surface area contributed by atoms with Crippen molar-refractivity contribution in [2.45, 2.75) is 26.7 Å². The van der Waals surface area contributed by atoms with Gasteiger partial charge in [-0.1, -0.05) is 19.0 Å². The maximum atomic E-state index is 12.0. The Morgan fingerprint density at radius 3 is 2.85 bits per heavy atom. The molecule has 0 fully saturated rings. The third-order valence-corrected chi connectivity index (χ3v) is 2.83. The van der Waals surface area contributed by atoms with Gasteiger partial charge in [-0.25, -0.2) is 0 Å². The maximum absolute atomic E-state index is 12.0. The number of nitrogens with zero attached hydrogens (tertiary/aromatic N) is 3. The highest BCUT2D eigenvalue weighted by molar-refractivity contribution is 5.77. The number of esters is 1. The lowest BCUT2D eigenvalue weighted by atomic mass is 9.96. The fourth-order valence-electron chi connectivity index (χ4n) is 1.86. The number of ether oxygens (including phenoxy) is 1. The first-order valence-electron chi connectivity index (χ1n) is 6.54. The van der Waals surface area contributed by atoms with Crippen LogP contribution in [0.5, 0.6) is 0 Å². The lowest BCUT2D eigenvalue weighted by molar-refractivity contribution is -0.146. The highest BCUT2D eigenvalue weighted by Crippen LogP contribution is 2.26. The van der Waals surface area contributed by atoms with Crippen LogP contribution in [0.4, 0.5) is 0 Å². The Morgan fingerprint density at radius 1 is 1.45 bits per heavy atom. The summed E-state index contributed by atoms with van der Waals surface area (Å²) >= 11 is 0. The van der Waals surface area contributed by atoms with Crippen LogP contribution in [0.2, 0.25) is 0 Å². The second-order valence-electron chi connectivity index (χ2n) is 4.67. The predicted molar refractivity (Wildman–Crippen MR) is 71.7 cm³/mol. The number of carbonyl (C=O) groups is 1. The molecule has 20 heavy (non-hydrogen) atoms. The molecule has 0 aliphatic heterocycles. The van der Waals surface area contributed by atoms with Crippen LogP contribution in [-0.2, 0) is 9.53 Å². The molecule has 1 unspecified atom stereocenters. The molecule has 2 rings (SSSR count). The van der Waals surface area contributed by atoms with Crippen molar-refractivity contribution in [3.63, 3.8) is 0 Å². The standard InChI is InChI=1S/C14H17N3O3/c1-4-19-14(18)11(9(2)3)13-16-12(17-20-13)10-6-5-7-15-8-10/h5-9,11H,4H2,1-3H3. The Kier molecular flexibility index (Phi) is 4.45. The third kappa shape index (κ3) is 3.01. The SMILES string of the molecule is CCOC(=O)C(c1nc(-c2cccnc2)no1)C(C)C. The van der Waals surface area contributed by atoms with Crippen molar-refractivity contribution < 1.29 is 14.1 Å².